The van der Waals surface area contributed by atoms with Crippen LogP contribution in [0.25, 0.3) is 6.08 Å². The zero-order chi connectivity index (χ0) is 41.0. The van der Waals surface area contributed by atoms with Crippen LogP contribution in [0, 0.1) is 17.3 Å². The van der Waals surface area contributed by atoms with E-state index in [0.717, 1.165) is 36.8 Å². The maximum atomic E-state index is 15.0. The summed E-state index contributed by atoms with van der Waals surface area (Å²) in [5.41, 5.74) is -0.862. The van der Waals surface area contributed by atoms with Crippen molar-refractivity contribution in [3.05, 3.63) is 41.5 Å². The van der Waals surface area contributed by atoms with Crippen LogP contribution < -0.4 is 10.6 Å². The number of aliphatic hydroxyl groups excluding tert-OH is 2. The van der Waals surface area contributed by atoms with Crippen molar-refractivity contribution >= 4 is 35.7 Å². The number of nitrogens with zero attached hydrogens (tertiary/aromatic N) is 2. The third-order valence-electron chi connectivity index (χ3n) is 11.8. The lowest BCUT2D eigenvalue weighted by Crippen LogP contribution is -2.71. The first-order chi connectivity index (χ1) is 27.0. The SMILES string of the molecule is C[C@H](O)[C@@H](NC(=O)[C@@]12C[C@H]3OC(=O)[C@@H]1N(Cc1cccc(C=CC(=O)N(C)C)c1)O[C@@H]2[C@H]1OC(C2CC2)(C2CC2)O[C@H]13)C(=O)N[C@H](CO)CCC(=O)OC(C)(C)C. The van der Waals surface area contributed by atoms with Gasteiger partial charge < -0.3 is 44.7 Å². The van der Waals surface area contributed by atoms with Gasteiger partial charge in [0.15, 0.2) is 11.8 Å². The van der Waals surface area contributed by atoms with Crippen molar-refractivity contribution in [2.75, 3.05) is 20.7 Å². The second-order valence-corrected chi connectivity index (χ2v) is 17.7. The van der Waals surface area contributed by atoms with Gasteiger partial charge in [-0.2, -0.15) is 5.06 Å². The third kappa shape index (κ3) is 8.21. The Hall–Kier alpha value is -3.93. The second kappa shape index (κ2) is 15.7. The number of likely N-dealkylation sites (N-methyl/N-ethyl adjacent to an activating group) is 1. The van der Waals surface area contributed by atoms with Crippen molar-refractivity contribution in [1.82, 2.24) is 20.6 Å². The third-order valence-corrected chi connectivity index (χ3v) is 11.8. The number of hydrogen-bond donors (Lipinski definition) is 4. The number of carbonyl (C=O) groups excluding carboxylic acids is 5. The molecule has 1 aromatic carbocycles. The number of hydroxylamine groups is 2. The molecule has 3 aliphatic heterocycles. The van der Waals surface area contributed by atoms with Gasteiger partial charge in [0.05, 0.1) is 25.3 Å². The van der Waals surface area contributed by atoms with E-state index in [4.69, 9.17) is 23.8 Å². The lowest BCUT2D eigenvalue weighted by atomic mass is 9.62. The molecule has 3 heterocycles. The molecule has 0 radical (unpaired) electrons. The van der Waals surface area contributed by atoms with Crippen LogP contribution >= 0.6 is 0 Å². The van der Waals surface area contributed by atoms with Crippen molar-refractivity contribution in [3.63, 3.8) is 0 Å². The van der Waals surface area contributed by atoms with Gasteiger partial charge in [-0.25, -0.2) is 0 Å². The van der Waals surface area contributed by atoms with Crippen molar-refractivity contribution in [2.24, 2.45) is 17.3 Å². The number of rotatable bonds is 15. The van der Waals surface area contributed by atoms with Gasteiger partial charge in [-0.3, -0.25) is 28.8 Å². The van der Waals surface area contributed by atoms with Gasteiger partial charge in [0.2, 0.25) is 17.7 Å². The first kappa shape index (κ1) is 41.2. The molecule has 0 spiro atoms. The predicted molar refractivity (Wildman–Crippen MR) is 201 cm³/mol. The zero-order valence-electron chi connectivity index (χ0n) is 33.5. The van der Waals surface area contributed by atoms with Gasteiger partial charge in [0.25, 0.3) is 0 Å². The highest BCUT2D eigenvalue weighted by molar-refractivity contribution is 5.96. The summed E-state index contributed by atoms with van der Waals surface area (Å²) in [5, 5.41) is 27.8. The fraction of sp³-hybridized carbons (Fsp3) is 0.683. The van der Waals surface area contributed by atoms with Crippen LogP contribution in [0.1, 0.15) is 83.8 Å². The minimum atomic E-state index is -1.62. The fourth-order valence-corrected chi connectivity index (χ4v) is 8.82. The second-order valence-electron chi connectivity index (χ2n) is 17.7. The van der Waals surface area contributed by atoms with Crippen molar-refractivity contribution in [3.8, 4) is 0 Å². The minimum absolute atomic E-state index is 0.0189. The van der Waals surface area contributed by atoms with E-state index in [0.29, 0.717) is 0 Å². The summed E-state index contributed by atoms with van der Waals surface area (Å²) < 4.78 is 25.2. The van der Waals surface area contributed by atoms with Gasteiger partial charge in [-0.1, -0.05) is 24.3 Å². The molecule has 2 bridgehead atoms. The van der Waals surface area contributed by atoms with E-state index in [1.165, 1.54) is 23.0 Å². The van der Waals surface area contributed by atoms with E-state index in [2.05, 4.69) is 10.6 Å². The molecule has 57 heavy (non-hydrogen) atoms. The maximum Gasteiger partial charge on any atom is 0.327 e. The molecule has 4 N–H and O–H groups in total. The normalized spacial score (nSPS) is 30.5. The summed E-state index contributed by atoms with van der Waals surface area (Å²) in [6.07, 6.45) is 2.17. The van der Waals surface area contributed by atoms with Crippen LogP contribution in [0.3, 0.4) is 0 Å². The van der Waals surface area contributed by atoms with E-state index < -0.39 is 95.8 Å². The van der Waals surface area contributed by atoms with Gasteiger partial charge >= 0.3 is 11.9 Å². The van der Waals surface area contributed by atoms with Gasteiger partial charge in [-0.15, -0.1) is 0 Å². The molecular weight excluding hydrogens is 740 g/mol. The fourth-order valence-electron chi connectivity index (χ4n) is 8.82. The molecule has 3 amide bonds. The largest absolute Gasteiger partial charge is 0.460 e. The first-order valence-corrected chi connectivity index (χ1v) is 20.1. The molecule has 3 saturated heterocycles. The molecule has 0 aromatic heterocycles. The van der Waals surface area contributed by atoms with Crippen LogP contribution in [0.5, 0.6) is 0 Å². The van der Waals surface area contributed by atoms with Crippen molar-refractivity contribution < 1.29 is 58.0 Å². The van der Waals surface area contributed by atoms with Gasteiger partial charge in [0.1, 0.15) is 41.5 Å². The molecule has 6 aliphatic rings. The molecule has 312 valence electrons. The van der Waals surface area contributed by atoms with E-state index >= 15 is 0 Å². The van der Waals surface area contributed by atoms with Crippen molar-refractivity contribution in [2.45, 2.75) is 139 Å². The Kier molecular flexibility index (Phi) is 11.3. The van der Waals surface area contributed by atoms with Crippen LogP contribution in [-0.4, -0.2) is 131 Å². The molecule has 7 rings (SSSR count). The molecule has 1 aromatic rings. The number of fused-ring (bicyclic) bond motifs is 4. The molecule has 3 aliphatic carbocycles. The molecule has 6 fully saturated rings. The summed E-state index contributed by atoms with van der Waals surface area (Å²) in [6.45, 7) is 6.11. The lowest BCUT2D eigenvalue weighted by Gasteiger charge is -2.49. The number of aliphatic hydroxyl groups is 2. The first-order valence-electron chi connectivity index (χ1n) is 20.1. The molecule has 16 nitrogen and oxygen atoms in total. The highest BCUT2D eigenvalue weighted by Gasteiger charge is 2.78. The van der Waals surface area contributed by atoms with Crippen LogP contribution in [0.4, 0.5) is 0 Å². The lowest BCUT2D eigenvalue weighted by molar-refractivity contribution is -0.235. The summed E-state index contributed by atoms with van der Waals surface area (Å²) in [7, 11) is 3.32. The number of nitrogens with one attached hydrogen (secondary N) is 2. The maximum absolute atomic E-state index is 15.0. The Morgan fingerprint density at radius 3 is 2.37 bits per heavy atom. The number of esters is 2. The average Bonchev–Trinajstić information content (AvgIpc) is 4.09. The smallest absolute Gasteiger partial charge is 0.327 e. The standard InChI is InChI=1S/C41H56N4O12/c1-22(47)31(36(50)42-27(21-46)15-17-30(49)54-39(2,3)4)43-38(52)40-19-28-32-33(56-41(55-32,25-11-12-25)26-13-14-26)35(40)57-45(34(40)37(51)53-28)20-24-9-7-8-23(18-24)10-16-29(48)44(5)6/h7-10,16,18,22,25-28,31-35,46-47H,11-15,17,19-21H2,1-6H3,(H,42,50)(H,43,52)/t22-,27-,28+,31+,32-,33-,34-,35+,40-/m0/s1. The Labute approximate surface area is 332 Å². The van der Waals surface area contributed by atoms with E-state index in [1.54, 1.807) is 40.9 Å². The summed E-state index contributed by atoms with van der Waals surface area (Å²) in [5.74, 6) is -3.37. The van der Waals surface area contributed by atoms with Gasteiger partial charge in [0, 0.05) is 44.8 Å². The van der Waals surface area contributed by atoms with E-state index in [-0.39, 0.29) is 43.6 Å². The van der Waals surface area contributed by atoms with E-state index in [1.807, 2.05) is 24.3 Å². The predicted octanol–water partition coefficient (Wildman–Crippen LogP) is 1.35. The average molecular weight is 797 g/mol. The summed E-state index contributed by atoms with van der Waals surface area (Å²) in [6, 6.07) is 3.71. The number of amides is 3. The Morgan fingerprint density at radius 1 is 1.07 bits per heavy atom. The van der Waals surface area contributed by atoms with Crippen LogP contribution in [-0.2, 0) is 54.3 Å². The number of benzene rings is 1. The summed E-state index contributed by atoms with van der Waals surface area (Å²) >= 11 is 0. The number of hydrogen-bond acceptors (Lipinski definition) is 13. The molecule has 0 unspecified atom stereocenters. The quantitative estimate of drug-likeness (QED) is 0.147. The monoisotopic (exact) mass is 796 g/mol. The number of carbonyl (C=O) groups is 5. The highest BCUT2D eigenvalue weighted by Crippen LogP contribution is 2.63. The zero-order valence-corrected chi connectivity index (χ0v) is 33.5. The number of ether oxygens (including phenoxy) is 4. The van der Waals surface area contributed by atoms with Crippen LogP contribution in [0.15, 0.2) is 30.3 Å². The molecular formula is C41H56N4O12. The molecule has 16 heteroatoms. The Morgan fingerprint density at radius 2 is 1.75 bits per heavy atom. The highest BCUT2D eigenvalue weighted by atomic mass is 16.8. The molecule has 3 saturated carbocycles. The minimum Gasteiger partial charge on any atom is -0.460 e. The van der Waals surface area contributed by atoms with E-state index in [9.17, 15) is 34.2 Å². The topological polar surface area (TPSA) is 202 Å². The van der Waals surface area contributed by atoms with Gasteiger partial charge in [-0.05, 0) is 77.0 Å². The Bertz CT molecular complexity index is 1760. The Balaban J connectivity index is 1.16. The van der Waals surface area contributed by atoms with Crippen LogP contribution in [0.2, 0.25) is 0 Å². The van der Waals surface area contributed by atoms with Crippen molar-refractivity contribution in [1.29, 1.82) is 0 Å². The molecule has 9 atom stereocenters. The summed E-state index contributed by atoms with van der Waals surface area (Å²) in [4.78, 5) is 75.7.